The Balaban J connectivity index is 2.09. The number of halogens is 1. The smallest absolute Gasteiger partial charge is 0.408 e. The zero-order valence-corrected chi connectivity index (χ0v) is 14.7. The summed E-state index contributed by atoms with van der Waals surface area (Å²) in [4.78, 5) is 11.6. The van der Waals surface area contributed by atoms with Gasteiger partial charge in [-0.2, -0.15) is 0 Å². The lowest BCUT2D eigenvalue weighted by Gasteiger charge is -2.17. The molecular weight excluding hydrogens is 399 g/mol. The van der Waals surface area contributed by atoms with E-state index >= 15 is 0 Å². The molecule has 2 aromatic heterocycles. The van der Waals surface area contributed by atoms with E-state index in [9.17, 15) is 4.79 Å². The van der Waals surface area contributed by atoms with Gasteiger partial charge in [-0.1, -0.05) is 13.0 Å². The minimum absolute atomic E-state index is 0.115. The molecule has 0 aliphatic rings. The number of oxazole rings is 1. The third-order valence-electron chi connectivity index (χ3n) is 3.48. The molecule has 21 heavy (non-hydrogen) atoms. The average Bonchev–Trinajstić information content (AvgIpc) is 3.01. The zero-order chi connectivity index (χ0) is 15.0. The van der Waals surface area contributed by atoms with Crippen molar-refractivity contribution in [2.45, 2.75) is 13.0 Å². The summed E-state index contributed by atoms with van der Waals surface area (Å²) >= 11 is 4.06. The van der Waals surface area contributed by atoms with Gasteiger partial charge in [0.25, 0.3) is 0 Å². The summed E-state index contributed by atoms with van der Waals surface area (Å²) in [6.07, 6.45) is 0. The highest BCUT2D eigenvalue weighted by molar-refractivity contribution is 14.1. The zero-order valence-electron chi connectivity index (χ0n) is 11.7. The Hall–Kier alpha value is -1.12. The maximum atomic E-state index is 11.6. The maximum Gasteiger partial charge on any atom is 0.419 e. The second kappa shape index (κ2) is 5.94. The molecule has 1 atom stereocenters. The number of hydrogen-bond acceptors (Lipinski definition) is 4. The number of rotatable bonds is 4. The van der Waals surface area contributed by atoms with E-state index in [1.807, 2.05) is 12.1 Å². The topological polar surface area (TPSA) is 47.2 Å². The fraction of sp³-hybridized carbons (Fsp3) is 0.267. The fourth-order valence-corrected chi connectivity index (χ4v) is 3.83. The van der Waals surface area contributed by atoms with Crippen LogP contribution in [0.4, 0.5) is 0 Å². The summed E-state index contributed by atoms with van der Waals surface area (Å²) in [5.41, 5.74) is 3.79. The number of fused-ring (bicyclic) bond motifs is 1. The van der Waals surface area contributed by atoms with Gasteiger partial charge in [0.05, 0.1) is 14.4 Å². The monoisotopic (exact) mass is 414 g/mol. The molecule has 0 radical (unpaired) electrons. The number of aromatic nitrogens is 1. The molecule has 1 N–H and O–H groups in total. The molecule has 3 rings (SSSR count). The van der Waals surface area contributed by atoms with E-state index in [0.29, 0.717) is 5.58 Å². The van der Waals surface area contributed by atoms with Crippen molar-refractivity contribution in [2.75, 3.05) is 6.54 Å². The van der Waals surface area contributed by atoms with Crippen molar-refractivity contribution < 1.29 is 4.42 Å². The second-order valence-electron chi connectivity index (χ2n) is 4.83. The molecule has 0 saturated heterocycles. The van der Waals surface area contributed by atoms with E-state index in [2.05, 4.69) is 52.3 Å². The van der Waals surface area contributed by atoms with Crippen molar-refractivity contribution in [3.05, 3.63) is 54.2 Å². The summed E-state index contributed by atoms with van der Waals surface area (Å²) in [6, 6.07) is 8.25. The molecule has 0 saturated carbocycles. The van der Waals surface area contributed by atoms with E-state index in [0.717, 1.165) is 17.6 Å². The first kappa shape index (κ1) is 14.8. The molecule has 0 aliphatic carbocycles. The molecule has 2 heterocycles. The molecule has 0 spiro atoms. The highest BCUT2D eigenvalue weighted by Gasteiger charge is 2.16. The average molecular weight is 414 g/mol. The first-order valence-electron chi connectivity index (χ1n) is 6.67. The Morgan fingerprint density at radius 2 is 2.19 bits per heavy atom. The Morgan fingerprint density at radius 3 is 2.86 bits per heavy atom. The lowest BCUT2D eigenvalue weighted by atomic mass is 10.0. The van der Waals surface area contributed by atoms with Crippen LogP contribution in [0.15, 0.2) is 38.9 Å². The molecule has 1 unspecified atom stereocenters. The lowest BCUT2D eigenvalue weighted by molar-refractivity contribution is 0.527. The predicted molar refractivity (Wildman–Crippen MR) is 94.0 cm³/mol. The molecule has 0 bridgehead atoms. The van der Waals surface area contributed by atoms with E-state index in [1.54, 1.807) is 18.4 Å². The van der Waals surface area contributed by atoms with Crippen molar-refractivity contribution in [1.82, 2.24) is 9.88 Å². The summed E-state index contributed by atoms with van der Waals surface area (Å²) in [5.74, 6) is -0.327. The summed E-state index contributed by atoms with van der Waals surface area (Å²) < 4.78 is 8.07. The third-order valence-corrected chi connectivity index (χ3v) is 5.29. The van der Waals surface area contributed by atoms with Crippen molar-refractivity contribution in [2.24, 2.45) is 7.05 Å². The summed E-state index contributed by atoms with van der Waals surface area (Å²) in [6.45, 7) is 2.96. The van der Waals surface area contributed by atoms with Gasteiger partial charge in [-0.3, -0.25) is 4.57 Å². The number of nitrogens with zero attached hydrogens (tertiary/aromatic N) is 1. The minimum atomic E-state index is -0.327. The highest BCUT2D eigenvalue weighted by atomic mass is 127. The van der Waals surface area contributed by atoms with Crippen molar-refractivity contribution in [1.29, 1.82) is 0 Å². The Bertz CT molecular complexity index is 834. The van der Waals surface area contributed by atoms with Crippen LogP contribution in [-0.2, 0) is 7.05 Å². The Kier molecular flexibility index (Phi) is 4.19. The van der Waals surface area contributed by atoms with Gasteiger partial charge in [-0.25, -0.2) is 4.79 Å². The van der Waals surface area contributed by atoms with Gasteiger partial charge in [0, 0.05) is 7.05 Å². The first-order valence-corrected chi connectivity index (χ1v) is 8.62. The van der Waals surface area contributed by atoms with Crippen LogP contribution in [-0.4, -0.2) is 11.1 Å². The summed E-state index contributed by atoms with van der Waals surface area (Å²) in [5, 5.41) is 5.66. The van der Waals surface area contributed by atoms with Gasteiger partial charge in [0.1, 0.15) is 0 Å². The first-order chi connectivity index (χ1) is 10.1. The molecule has 0 aliphatic heterocycles. The highest BCUT2D eigenvalue weighted by Crippen LogP contribution is 2.29. The number of aryl methyl sites for hydroxylation is 1. The Labute approximate surface area is 139 Å². The predicted octanol–water partition coefficient (Wildman–Crippen LogP) is 3.50. The Morgan fingerprint density at radius 1 is 1.38 bits per heavy atom. The number of hydrogen-bond donors (Lipinski definition) is 1. The van der Waals surface area contributed by atoms with Gasteiger partial charge in [0.15, 0.2) is 5.58 Å². The van der Waals surface area contributed by atoms with Gasteiger partial charge < -0.3 is 9.73 Å². The lowest BCUT2D eigenvalue weighted by Crippen LogP contribution is -2.21. The molecule has 110 valence electrons. The van der Waals surface area contributed by atoms with E-state index in [4.69, 9.17) is 4.42 Å². The van der Waals surface area contributed by atoms with E-state index in [-0.39, 0.29) is 11.8 Å². The van der Waals surface area contributed by atoms with Gasteiger partial charge in [0.2, 0.25) is 0 Å². The van der Waals surface area contributed by atoms with Gasteiger partial charge in [-0.05, 0) is 63.8 Å². The van der Waals surface area contributed by atoms with Gasteiger partial charge in [-0.15, -0.1) is 11.3 Å². The number of nitrogens with one attached hydrogen (secondary N) is 1. The van der Waals surface area contributed by atoms with Crippen molar-refractivity contribution in [3.8, 4) is 0 Å². The van der Waals surface area contributed by atoms with Gasteiger partial charge >= 0.3 is 5.76 Å². The second-order valence-corrected chi connectivity index (χ2v) is 7.63. The van der Waals surface area contributed by atoms with Crippen LogP contribution in [0.2, 0.25) is 0 Å². The normalized spacial score (nSPS) is 12.9. The van der Waals surface area contributed by atoms with Crippen LogP contribution in [0, 0.1) is 2.88 Å². The largest absolute Gasteiger partial charge is 0.419 e. The van der Waals surface area contributed by atoms with Crippen LogP contribution in [0.1, 0.15) is 24.1 Å². The molecule has 0 fully saturated rings. The van der Waals surface area contributed by atoms with Crippen LogP contribution in [0.25, 0.3) is 11.1 Å². The maximum absolute atomic E-state index is 11.6. The van der Waals surface area contributed by atoms with Crippen LogP contribution < -0.4 is 11.1 Å². The fourth-order valence-electron chi connectivity index (χ4n) is 2.44. The van der Waals surface area contributed by atoms with E-state index in [1.165, 1.54) is 13.0 Å². The number of benzene rings is 1. The molecule has 1 aromatic carbocycles. The van der Waals surface area contributed by atoms with E-state index < -0.39 is 0 Å². The molecule has 3 aromatic rings. The van der Waals surface area contributed by atoms with Crippen LogP contribution >= 0.6 is 33.9 Å². The standard InChI is InChI=1S/C15H15IN2O2S/c1-3-17-14(10-7-13(16)21-8-10)9-4-5-11-12(6-9)20-15(19)18(11)2/h4-8,14,17H,3H2,1-2H3. The third kappa shape index (κ3) is 2.79. The van der Waals surface area contributed by atoms with Crippen molar-refractivity contribution in [3.63, 3.8) is 0 Å². The quantitative estimate of drug-likeness (QED) is 0.665. The minimum Gasteiger partial charge on any atom is -0.408 e. The summed E-state index contributed by atoms with van der Waals surface area (Å²) in [7, 11) is 1.72. The van der Waals surface area contributed by atoms with Crippen LogP contribution in [0.5, 0.6) is 0 Å². The number of thiophene rings is 1. The molecular formula is C15H15IN2O2S. The molecule has 0 amide bonds. The molecule has 6 heteroatoms. The molecule has 4 nitrogen and oxygen atoms in total. The SMILES string of the molecule is CCNC(c1csc(I)c1)c1ccc2c(c1)oc(=O)n2C. The van der Waals surface area contributed by atoms with Crippen molar-refractivity contribution >= 4 is 45.0 Å². The van der Waals surface area contributed by atoms with Crippen LogP contribution in [0.3, 0.4) is 0 Å².